The van der Waals surface area contributed by atoms with E-state index in [9.17, 15) is 15.5 Å². The molecule has 0 amide bonds. The summed E-state index contributed by atoms with van der Waals surface area (Å²) >= 11 is 0. The Morgan fingerprint density at radius 1 is 1.57 bits per heavy atom. The van der Waals surface area contributed by atoms with Gasteiger partial charge < -0.3 is 25.3 Å². The van der Waals surface area contributed by atoms with Crippen molar-refractivity contribution in [2.45, 2.75) is 24.5 Å². The maximum Gasteiger partial charge on any atom is 0.148 e. The number of aliphatic hydroxyl groups excluding tert-OH is 2. The number of nitrogens with zero attached hydrogens (tertiary/aromatic N) is 7. The van der Waals surface area contributed by atoms with Gasteiger partial charge in [0.15, 0.2) is 0 Å². The molecule has 11 nitrogen and oxygen atoms in total. The van der Waals surface area contributed by atoms with Crippen LogP contribution in [0, 0.1) is 11.3 Å². The number of hydrogen-bond acceptors (Lipinski definition) is 8. The van der Waals surface area contributed by atoms with Crippen molar-refractivity contribution in [2.75, 3.05) is 12.3 Å². The van der Waals surface area contributed by atoms with Crippen molar-refractivity contribution in [1.82, 2.24) is 14.5 Å². The number of fused-ring (bicyclic) bond motifs is 1. The zero-order valence-corrected chi connectivity index (χ0v) is 11.7. The minimum atomic E-state index is -1.19. The second-order valence-electron chi connectivity index (χ2n) is 4.95. The van der Waals surface area contributed by atoms with Gasteiger partial charge in [0.1, 0.15) is 42.2 Å². The van der Waals surface area contributed by atoms with E-state index in [1.54, 1.807) is 0 Å². The Morgan fingerprint density at radius 3 is 3.00 bits per heavy atom. The number of azide groups is 1. The Bertz CT molecular complexity index is 837. The van der Waals surface area contributed by atoms with Crippen molar-refractivity contribution in [1.29, 1.82) is 5.26 Å². The highest BCUT2D eigenvalue weighted by Crippen LogP contribution is 2.35. The van der Waals surface area contributed by atoms with E-state index in [4.69, 9.17) is 16.0 Å². The van der Waals surface area contributed by atoms with Gasteiger partial charge in [0.05, 0.1) is 23.7 Å². The average molecular weight is 316 g/mol. The fraction of sp³-hybridized carbons (Fsp3) is 0.417. The van der Waals surface area contributed by atoms with Gasteiger partial charge >= 0.3 is 0 Å². The lowest BCUT2D eigenvalue weighted by Gasteiger charge is -2.17. The zero-order chi connectivity index (χ0) is 16.6. The van der Waals surface area contributed by atoms with E-state index >= 15 is 0 Å². The molecule has 0 aromatic carbocycles. The maximum atomic E-state index is 10.1. The van der Waals surface area contributed by atoms with Crippen molar-refractivity contribution in [2.24, 2.45) is 5.11 Å². The minimum absolute atomic E-state index is 0.128. The van der Waals surface area contributed by atoms with Gasteiger partial charge in [-0.1, -0.05) is 5.11 Å². The molecule has 118 valence electrons. The zero-order valence-electron chi connectivity index (χ0n) is 11.7. The highest BCUT2D eigenvalue weighted by atomic mass is 16.5. The van der Waals surface area contributed by atoms with Crippen molar-refractivity contribution >= 4 is 16.9 Å². The second-order valence-corrected chi connectivity index (χ2v) is 4.95. The number of aliphatic hydroxyl groups is 2. The highest BCUT2D eigenvalue weighted by Gasteiger charge is 2.44. The predicted octanol–water partition coefficient (Wildman–Crippen LogP) is -0.185. The van der Waals surface area contributed by atoms with Crippen LogP contribution in [0.4, 0.5) is 5.82 Å². The van der Waals surface area contributed by atoms with Crippen molar-refractivity contribution < 1.29 is 14.9 Å². The van der Waals surface area contributed by atoms with Crippen LogP contribution in [0.2, 0.25) is 0 Å². The van der Waals surface area contributed by atoms with Crippen LogP contribution in [0.25, 0.3) is 21.5 Å². The summed E-state index contributed by atoms with van der Waals surface area (Å²) in [6.07, 6.45) is -0.378. The van der Waals surface area contributed by atoms with Gasteiger partial charge in [0.2, 0.25) is 0 Å². The van der Waals surface area contributed by atoms with Crippen molar-refractivity contribution in [3.8, 4) is 6.07 Å². The monoisotopic (exact) mass is 316 g/mol. The Hall–Kier alpha value is -2.90. The normalized spacial score (nSPS) is 26.8. The lowest BCUT2D eigenvalue weighted by atomic mass is 10.1. The van der Waals surface area contributed by atoms with Crippen molar-refractivity contribution in [3.63, 3.8) is 0 Å². The molecule has 3 rings (SSSR count). The van der Waals surface area contributed by atoms with E-state index in [1.165, 1.54) is 17.1 Å². The molecule has 1 aliphatic heterocycles. The first-order valence-corrected chi connectivity index (χ1v) is 6.62. The van der Waals surface area contributed by atoms with Gasteiger partial charge in [0.25, 0.3) is 0 Å². The molecule has 2 aromatic heterocycles. The molecule has 11 heteroatoms. The molecule has 0 radical (unpaired) electrons. The molecular formula is C12H12N8O3. The summed E-state index contributed by atoms with van der Waals surface area (Å²) in [5, 5.41) is 32.5. The molecule has 1 saturated heterocycles. The van der Waals surface area contributed by atoms with E-state index in [0.29, 0.717) is 11.0 Å². The first-order chi connectivity index (χ1) is 11.1. The summed E-state index contributed by atoms with van der Waals surface area (Å²) in [5.74, 6) is 0.128. The highest BCUT2D eigenvalue weighted by molar-refractivity contribution is 5.91. The Kier molecular flexibility index (Phi) is 3.73. The van der Waals surface area contributed by atoms with Crippen molar-refractivity contribution in [3.05, 3.63) is 28.5 Å². The summed E-state index contributed by atoms with van der Waals surface area (Å²) < 4.78 is 7.02. The Morgan fingerprint density at radius 2 is 2.35 bits per heavy atom. The molecule has 2 aromatic rings. The van der Waals surface area contributed by atoms with E-state index in [1.807, 2.05) is 6.07 Å². The molecule has 0 unspecified atom stereocenters. The molecule has 23 heavy (non-hydrogen) atoms. The molecule has 1 fully saturated rings. The van der Waals surface area contributed by atoms with Crippen LogP contribution in [-0.2, 0) is 4.74 Å². The van der Waals surface area contributed by atoms with Crippen LogP contribution in [0.5, 0.6) is 0 Å². The van der Waals surface area contributed by atoms with E-state index < -0.39 is 31.1 Å². The predicted molar refractivity (Wildman–Crippen MR) is 76.6 cm³/mol. The third kappa shape index (κ3) is 2.23. The Balaban J connectivity index is 2.18. The lowest BCUT2D eigenvalue weighted by molar-refractivity contribution is -0.0435. The maximum absolute atomic E-state index is 10.1. The quantitative estimate of drug-likeness (QED) is 0.398. The van der Waals surface area contributed by atoms with Gasteiger partial charge in [-0.05, 0) is 5.53 Å². The topological polar surface area (TPSA) is 179 Å². The largest absolute Gasteiger partial charge is 0.394 e. The van der Waals surface area contributed by atoms with Crippen LogP contribution in [0.3, 0.4) is 0 Å². The summed E-state index contributed by atoms with van der Waals surface area (Å²) in [5.41, 5.74) is 15.0. The van der Waals surface area contributed by atoms with E-state index in [0.717, 1.165) is 0 Å². The molecule has 0 aliphatic carbocycles. The Labute approximate surface area is 129 Å². The second kappa shape index (κ2) is 5.71. The van der Waals surface area contributed by atoms with Crippen LogP contribution >= 0.6 is 0 Å². The van der Waals surface area contributed by atoms with Gasteiger partial charge in [-0.3, -0.25) is 0 Å². The smallest absolute Gasteiger partial charge is 0.148 e. The fourth-order valence-corrected chi connectivity index (χ4v) is 2.68. The number of nitrogens with two attached hydrogens (primary N) is 1. The van der Waals surface area contributed by atoms with Crippen LogP contribution < -0.4 is 5.73 Å². The first kappa shape index (κ1) is 15.0. The number of rotatable bonds is 3. The summed E-state index contributed by atoms with van der Waals surface area (Å²) in [4.78, 5) is 10.6. The molecule has 4 N–H and O–H groups in total. The molecule has 0 bridgehead atoms. The van der Waals surface area contributed by atoms with Gasteiger partial charge in [0, 0.05) is 11.1 Å². The SMILES string of the molecule is N#Cc1cn([C@@H]2O[C@H](CO)[C@@H](O)[C@H]2N=[N+]=[N-])c2ncnc(N)c12. The molecule has 0 spiro atoms. The van der Waals surface area contributed by atoms with Crippen LogP contribution in [-0.4, -0.2) is 49.6 Å². The summed E-state index contributed by atoms with van der Waals surface area (Å²) in [6.45, 7) is -0.448. The molecule has 1 aliphatic rings. The van der Waals surface area contributed by atoms with Gasteiger partial charge in [-0.2, -0.15) is 5.26 Å². The third-order valence-electron chi connectivity index (χ3n) is 3.74. The van der Waals surface area contributed by atoms with E-state index in [-0.39, 0.29) is 11.4 Å². The molecule has 4 atom stereocenters. The average Bonchev–Trinajstić information content (AvgIpc) is 3.07. The lowest BCUT2D eigenvalue weighted by Crippen LogP contribution is -2.31. The minimum Gasteiger partial charge on any atom is -0.394 e. The number of nitriles is 1. The molecule has 3 heterocycles. The number of anilines is 1. The number of ether oxygens (including phenoxy) is 1. The van der Waals surface area contributed by atoms with Gasteiger partial charge in [-0.25, -0.2) is 9.97 Å². The number of aromatic nitrogens is 3. The number of nitrogen functional groups attached to an aromatic ring is 1. The van der Waals surface area contributed by atoms with E-state index in [2.05, 4.69) is 20.0 Å². The summed E-state index contributed by atoms with van der Waals surface area (Å²) in [6, 6.07) is 0.996. The first-order valence-electron chi connectivity index (χ1n) is 6.62. The number of hydrogen-bond donors (Lipinski definition) is 3. The van der Waals surface area contributed by atoms with Crippen LogP contribution in [0.15, 0.2) is 17.6 Å². The fourth-order valence-electron chi connectivity index (χ4n) is 2.68. The van der Waals surface area contributed by atoms with Gasteiger partial charge in [-0.15, -0.1) is 0 Å². The standard InChI is InChI=1S/C12H12N8O3/c13-1-5-2-20(11-7(5)10(14)16-4-17-11)12-8(18-19-15)9(22)6(3-21)23-12/h2,4,6,8-9,12,21-22H,3H2,(H2,14,16,17)/t6-,8-,9-,12-/m1/s1. The third-order valence-corrected chi connectivity index (χ3v) is 3.74. The molecule has 0 saturated carbocycles. The molecular weight excluding hydrogens is 304 g/mol. The summed E-state index contributed by atoms with van der Waals surface area (Å²) in [7, 11) is 0. The van der Waals surface area contributed by atoms with Crippen LogP contribution in [0.1, 0.15) is 11.8 Å².